The largest absolute Gasteiger partial charge is 0.476 e. The van der Waals surface area contributed by atoms with Crippen LogP contribution < -0.4 is 10.6 Å². The van der Waals surface area contributed by atoms with Crippen LogP contribution in [0.3, 0.4) is 0 Å². The minimum absolute atomic E-state index is 0.00721. The van der Waals surface area contributed by atoms with Crippen LogP contribution in [0.1, 0.15) is 35.3 Å². The third kappa shape index (κ3) is 4.68. The number of hydrogen-bond donors (Lipinski definition) is 3. The van der Waals surface area contributed by atoms with E-state index in [4.69, 9.17) is 9.84 Å². The highest BCUT2D eigenvalue weighted by molar-refractivity contribution is 7.09. The smallest absolute Gasteiger partial charge is 0.355 e. The summed E-state index contributed by atoms with van der Waals surface area (Å²) in [5.74, 6) is -0.627. The molecule has 116 valence electrons. The molecule has 21 heavy (non-hydrogen) atoms. The molecule has 1 aliphatic rings. The second-order valence-corrected chi connectivity index (χ2v) is 5.94. The van der Waals surface area contributed by atoms with Gasteiger partial charge in [0.05, 0.1) is 6.54 Å². The Balaban J connectivity index is 1.74. The maximum Gasteiger partial charge on any atom is 0.355 e. The van der Waals surface area contributed by atoms with Crippen molar-refractivity contribution >= 4 is 23.3 Å². The Morgan fingerprint density at radius 2 is 2.24 bits per heavy atom. The average molecular weight is 313 g/mol. The van der Waals surface area contributed by atoms with Gasteiger partial charge in [0, 0.05) is 24.6 Å². The molecule has 0 aromatic carbocycles. The van der Waals surface area contributed by atoms with E-state index in [1.807, 2.05) is 6.92 Å². The summed E-state index contributed by atoms with van der Waals surface area (Å²) in [6.07, 6.45) is 1.91. The number of urea groups is 1. The Hall–Kier alpha value is -1.67. The zero-order valence-corrected chi connectivity index (χ0v) is 12.6. The fourth-order valence-electron chi connectivity index (χ4n) is 2.24. The summed E-state index contributed by atoms with van der Waals surface area (Å²) < 4.78 is 5.30. The molecule has 2 rings (SSSR count). The van der Waals surface area contributed by atoms with E-state index in [2.05, 4.69) is 15.6 Å². The summed E-state index contributed by atoms with van der Waals surface area (Å²) in [4.78, 5) is 26.4. The molecule has 0 radical (unpaired) electrons. The first kappa shape index (κ1) is 15.7. The molecule has 1 fully saturated rings. The van der Waals surface area contributed by atoms with Gasteiger partial charge in [-0.15, -0.1) is 11.3 Å². The Morgan fingerprint density at radius 1 is 1.52 bits per heavy atom. The molecule has 1 aromatic heterocycles. The number of aromatic nitrogens is 1. The highest BCUT2D eigenvalue weighted by Crippen LogP contribution is 2.18. The Kier molecular flexibility index (Phi) is 5.51. The second-order valence-electron chi connectivity index (χ2n) is 5.00. The van der Waals surface area contributed by atoms with Crippen molar-refractivity contribution in [1.29, 1.82) is 0 Å². The van der Waals surface area contributed by atoms with Gasteiger partial charge in [0.15, 0.2) is 5.69 Å². The van der Waals surface area contributed by atoms with E-state index < -0.39 is 5.97 Å². The van der Waals surface area contributed by atoms with E-state index in [1.165, 1.54) is 16.7 Å². The van der Waals surface area contributed by atoms with E-state index in [-0.39, 0.29) is 24.3 Å². The number of nitrogens with zero attached hydrogens (tertiary/aromatic N) is 1. The van der Waals surface area contributed by atoms with Crippen molar-refractivity contribution in [1.82, 2.24) is 15.6 Å². The van der Waals surface area contributed by atoms with Gasteiger partial charge in [-0.2, -0.15) is 0 Å². The van der Waals surface area contributed by atoms with Crippen LogP contribution in [0.2, 0.25) is 0 Å². The van der Waals surface area contributed by atoms with Crippen molar-refractivity contribution in [3.63, 3.8) is 0 Å². The Bertz CT molecular complexity index is 499. The van der Waals surface area contributed by atoms with Gasteiger partial charge in [-0.05, 0) is 25.7 Å². The number of carbonyl (C=O) groups excluding carboxylic acids is 1. The predicted octanol–water partition coefficient (Wildman–Crippen LogP) is 1.46. The van der Waals surface area contributed by atoms with Crippen LogP contribution in [-0.2, 0) is 11.3 Å². The lowest BCUT2D eigenvalue weighted by Crippen LogP contribution is -2.45. The zero-order valence-electron chi connectivity index (χ0n) is 11.8. The summed E-state index contributed by atoms with van der Waals surface area (Å²) in [7, 11) is 0. The first-order valence-electron chi connectivity index (χ1n) is 6.86. The summed E-state index contributed by atoms with van der Waals surface area (Å²) in [5, 5.41) is 16.4. The van der Waals surface area contributed by atoms with Crippen LogP contribution >= 0.6 is 11.3 Å². The number of nitrogens with one attached hydrogen (secondary N) is 2. The molecule has 1 atom stereocenters. The van der Waals surface area contributed by atoms with E-state index >= 15 is 0 Å². The van der Waals surface area contributed by atoms with Crippen molar-refractivity contribution < 1.29 is 19.4 Å². The van der Waals surface area contributed by atoms with Gasteiger partial charge < -0.3 is 20.5 Å². The average Bonchev–Trinajstić information content (AvgIpc) is 2.95. The lowest BCUT2D eigenvalue weighted by atomic mass is 9.93. The van der Waals surface area contributed by atoms with Gasteiger partial charge in [0.1, 0.15) is 5.01 Å². The monoisotopic (exact) mass is 313 g/mol. The molecule has 1 aliphatic heterocycles. The number of hydrogen-bond acceptors (Lipinski definition) is 5. The highest BCUT2D eigenvalue weighted by atomic mass is 32.1. The summed E-state index contributed by atoms with van der Waals surface area (Å²) in [6.45, 7) is 3.70. The lowest BCUT2D eigenvalue weighted by Gasteiger charge is -2.28. The zero-order chi connectivity index (χ0) is 15.2. The van der Waals surface area contributed by atoms with Gasteiger partial charge in [0.2, 0.25) is 0 Å². The fourth-order valence-corrected chi connectivity index (χ4v) is 2.95. The first-order chi connectivity index (χ1) is 10.1. The van der Waals surface area contributed by atoms with Crippen LogP contribution in [0.5, 0.6) is 0 Å². The second kappa shape index (κ2) is 7.37. The third-order valence-corrected chi connectivity index (χ3v) is 4.35. The molecule has 0 saturated carbocycles. The predicted molar refractivity (Wildman–Crippen MR) is 77.4 cm³/mol. The molecule has 0 aliphatic carbocycles. The van der Waals surface area contributed by atoms with Crippen molar-refractivity contribution in [2.45, 2.75) is 32.4 Å². The van der Waals surface area contributed by atoms with E-state index in [0.717, 1.165) is 26.1 Å². The normalized spacial score (nSPS) is 17.2. The topological polar surface area (TPSA) is 101 Å². The number of ether oxygens (including phenoxy) is 1. The Labute approximate surface area is 126 Å². The molecule has 0 spiro atoms. The van der Waals surface area contributed by atoms with E-state index in [9.17, 15) is 9.59 Å². The maximum atomic E-state index is 11.8. The summed E-state index contributed by atoms with van der Waals surface area (Å²) in [5.41, 5.74) is 0.00721. The van der Waals surface area contributed by atoms with Gasteiger partial charge in [0.25, 0.3) is 0 Å². The molecule has 3 N–H and O–H groups in total. The molecule has 8 heteroatoms. The number of carboxylic acids is 1. The molecule has 0 bridgehead atoms. The first-order valence-corrected chi connectivity index (χ1v) is 7.74. The molecule has 1 unspecified atom stereocenters. The molecule has 1 aromatic rings. The van der Waals surface area contributed by atoms with Crippen molar-refractivity contribution in [2.24, 2.45) is 5.92 Å². The molecular weight excluding hydrogens is 294 g/mol. The summed E-state index contributed by atoms with van der Waals surface area (Å²) in [6, 6.07) is -0.180. The quantitative estimate of drug-likeness (QED) is 0.764. The van der Waals surface area contributed by atoms with Crippen LogP contribution in [0, 0.1) is 5.92 Å². The maximum absolute atomic E-state index is 11.8. The van der Waals surface area contributed by atoms with Gasteiger partial charge in [-0.3, -0.25) is 0 Å². The summed E-state index contributed by atoms with van der Waals surface area (Å²) >= 11 is 1.22. The van der Waals surface area contributed by atoms with Crippen molar-refractivity contribution in [2.75, 3.05) is 13.2 Å². The van der Waals surface area contributed by atoms with Crippen molar-refractivity contribution in [3.05, 3.63) is 16.1 Å². The number of carboxylic acid groups (broad SMARTS) is 1. The molecular formula is C13H19N3O4S. The Morgan fingerprint density at radius 3 is 2.86 bits per heavy atom. The van der Waals surface area contributed by atoms with Crippen molar-refractivity contribution in [3.8, 4) is 0 Å². The minimum atomic E-state index is -1.06. The number of thiazole rings is 1. The fraction of sp³-hybridized carbons (Fsp3) is 0.615. The number of amides is 2. The molecule has 1 saturated heterocycles. The molecule has 2 amide bonds. The van der Waals surface area contributed by atoms with Gasteiger partial charge >= 0.3 is 12.0 Å². The highest BCUT2D eigenvalue weighted by Gasteiger charge is 2.21. The third-order valence-electron chi connectivity index (χ3n) is 3.50. The van der Waals surface area contributed by atoms with Gasteiger partial charge in [-0.25, -0.2) is 14.6 Å². The lowest BCUT2D eigenvalue weighted by molar-refractivity contribution is 0.0571. The standard InChI is InChI=1S/C13H19N3O4S/c1-8(9-2-4-20-5-3-9)15-13(19)14-6-11-16-10(7-21-11)12(17)18/h7-9H,2-6H2,1H3,(H,17,18)(H2,14,15,19). The van der Waals surface area contributed by atoms with E-state index in [0.29, 0.717) is 10.9 Å². The van der Waals surface area contributed by atoms with Crippen LogP contribution in [0.25, 0.3) is 0 Å². The van der Waals surface area contributed by atoms with E-state index in [1.54, 1.807) is 0 Å². The number of aromatic carboxylic acids is 1. The van der Waals surface area contributed by atoms with Crippen LogP contribution in [-0.4, -0.2) is 41.3 Å². The molecule has 7 nitrogen and oxygen atoms in total. The minimum Gasteiger partial charge on any atom is -0.476 e. The van der Waals surface area contributed by atoms with Crippen LogP contribution in [0.4, 0.5) is 4.79 Å². The van der Waals surface area contributed by atoms with Crippen LogP contribution in [0.15, 0.2) is 5.38 Å². The number of carbonyl (C=O) groups is 2. The molecule has 2 heterocycles. The SMILES string of the molecule is CC(NC(=O)NCc1nc(C(=O)O)cs1)C1CCOCC1. The number of rotatable bonds is 5. The van der Waals surface area contributed by atoms with Gasteiger partial charge in [-0.1, -0.05) is 0 Å².